The number of nitrogens with zero attached hydrogens (tertiary/aromatic N) is 3. The van der Waals surface area contributed by atoms with Crippen molar-refractivity contribution in [2.24, 2.45) is 27.9 Å². The highest BCUT2D eigenvalue weighted by molar-refractivity contribution is 5.98. The number of aliphatic imine (C=N–C) groups is 1. The minimum absolute atomic E-state index is 0.0884. The number of carbonyl (C=O) groups is 6. The average molecular weight is 928 g/mol. The Morgan fingerprint density at radius 1 is 0.806 bits per heavy atom. The van der Waals surface area contributed by atoms with E-state index in [0.717, 1.165) is 6.34 Å². The lowest BCUT2D eigenvalue weighted by molar-refractivity contribution is -0.143. The molecule has 364 valence electrons. The van der Waals surface area contributed by atoms with E-state index >= 15 is 0 Å². The maximum atomic E-state index is 13.4. The number of hydrogen-bond acceptors (Lipinski definition) is 10. The van der Waals surface area contributed by atoms with E-state index in [1.165, 1.54) is 49.7 Å². The van der Waals surface area contributed by atoms with E-state index in [4.69, 9.17) is 22.6 Å². The molecule has 0 spiro atoms. The molecule has 1 unspecified atom stereocenters. The first-order valence-corrected chi connectivity index (χ1v) is 22.6. The third-order valence-corrected chi connectivity index (χ3v) is 11.7. The second kappa shape index (κ2) is 26.2. The monoisotopic (exact) mass is 928 g/mol. The predicted molar refractivity (Wildman–Crippen MR) is 259 cm³/mol. The van der Waals surface area contributed by atoms with E-state index in [0.29, 0.717) is 38.8 Å². The highest BCUT2D eigenvalue weighted by atomic mass is 16.2. The molecule has 5 heterocycles. The van der Waals surface area contributed by atoms with Crippen molar-refractivity contribution in [1.29, 1.82) is 5.41 Å². The lowest BCUT2D eigenvalue weighted by atomic mass is 10.1. The van der Waals surface area contributed by atoms with Gasteiger partial charge in [0.1, 0.15) is 30.2 Å². The van der Waals surface area contributed by atoms with Gasteiger partial charge in [-0.25, -0.2) is 0 Å². The van der Waals surface area contributed by atoms with Gasteiger partial charge in [0.2, 0.25) is 35.4 Å². The molecule has 2 aromatic carbocycles. The summed E-state index contributed by atoms with van der Waals surface area (Å²) in [5.74, 6) is -3.33. The van der Waals surface area contributed by atoms with Gasteiger partial charge in [-0.05, 0) is 103 Å². The van der Waals surface area contributed by atoms with Crippen LogP contribution in [0.25, 0.3) is 21.8 Å². The smallest absolute Gasteiger partial charge is 0.245 e. The van der Waals surface area contributed by atoms with Gasteiger partial charge in [0.05, 0.1) is 12.9 Å². The van der Waals surface area contributed by atoms with Gasteiger partial charge in [-0.2, -0.15) is 0 Å². The quantitative estimate of drug-likeness (QED) is 0.0637. The normalized spacial score (nSPS) is 22.4. The molecule has 2 aromatic heterocycles. The Morgan fingerprint density at radius 3 is 1.93 bits per heavy atom. The summed E-state index contributed by atoms with van der Waals surface area (Å²) in [5.41, 5.74) is 26.3. The van der Waals surface area contributed by atoms with Crippen molar-refractivity contribution >= 4 is 69.5 Å². The van der Waals surface area contributed by atoms with E-state index in [1.54, 1.807) is 7.05 Å². The first-order chi connectivity index (χ1) is 32.1. The van der Waals surface area contributed by atoms with Crippen molar-refractivity contribution in [3.63, 3.8) is 0 Å². The van der Waals surface area contributed by atoms with E-state index in [9.17, 15) is 28.8 Å². The van der Waals surface area contributed by atoms with E-state index < -0.39 is 78.2 Å². The van der Waals surface area contributed by atoms with Gasteiger partial charge in [-0.1, -0.05) is 36.4 Å². The summed E-state index contributed by atoms with van der Waals surface area (Å²) in [6.45, 7) is 6.49. The Balaban J connectivity index is 0.000000338. The SMILES string of the molecule is CNCCC[C@@H]1NC(=O)[C@H]2C[C@H](N)CN2C(=O)CNC(=O)[C@H](CCCN=C(N)N)NC(=O)[C@H]2CCCN2C(=O)C(C)NC1=O.Cc1c[nH]c2ccccc12.Cc1c[nH]c2ccccc12.N=CN. The molecule has 0 bridgehead atoms. The highest BCUT2D eigenvalue weighted by Crippen LogP contribution is 2.21. The fraction of sp³-hybridized carbons (Fsp3) is 0.478. The molecule has 67 heavy (non-hydrogen) atoms. The Labute approximate surface area is 390 Å². The van der Waals surface area contributed by atoms with Gasteiger partial charge in [0.25, 0.3) is 0 Å². The van der Waals surface area contributed by atoms with Gasteiger partial charge in [0.15, 0.2) is 5.96 Å². The number of nitrogens with two attached hydrogens (primary N) is 4. The van der Waals surface area contributed by atoms with Gasteiger partial charge in [-0.15, -0.1) is 0 Å². The van der Waals surface area contributed by atoms with Gasteiger partial charge >= 0.3 is 0 Å². The minimum atomic E-state index is -1.05. The lowest BCUT2D eigenvalue weighted by Gasteiger charge is -2.30. The largest absolute Gasteiger partial charge is 0.390 e. The van der Waals surface area contributed by atoms with Crippen molar-refractivity contribution in [3.05, 3.63) is 72.1 Å². The molecule has 16 N–H and O–H groups in total. The number of benzene rings is 2. The molecule has 0 saturated carbocycles. The topological polar surface area (TPSA) is 341 Å². The first kappa shape index (κ1) is 52.6. The fourth-order valence-corrected chi connectivity index (χ4v) is 8.20. The van der Waals surface area contributed by atoms with Crippen LogP contribution in [0, 0.1) is 19.3 Å². The van der Waals surface area contributed by atoms with Crippen molar-refractivity contribution < 1.29 is 28.8 Å². The predicted octanol–water partition coefficient (Wildman–Crippen LogP) is 0.0677. The molecular weight excluding hydrogens is 859 g/mol. The minimum Gasteiger partial charge on any atom is -0.390 e. The van der Waals surface area contributed by atoms with Crippen LogP contribution < -0.4 is 49.5 Å². The van der Waals surface area contributed by atoms with Crippen molar-refractivity contribution in [2.45, 2.75) is 102 Å². The highest BCUT2D eigenvalue weighted by Gasteiger charge is 2.41. The summed E-state index contributed by atoms with van der Waals surface area (Å²) in [6, 6.07) is 11.3. The van der Waals surface area contributed by atoms with Gasteiger partial charge in [0, 0.05) is 59.9 Å². The molecule has 6 amide bonds. The van der Waals surface area contributed by atoms with Crippen molar-refractivity contribution in [2.75, 3.05) is 39.8 Å². The molecule has 3 aliphatic heterocycles. The molecule has 0 aliphatic carbocycles. The van der Waals surface area contributed by atoms with Crippen LogP contribution in [0.1, 0.15) is 63.0 Å². The number of para-hydroxylation sites is 2. The number of aromatic amines is 2. The molecule has 3 fully saturated rings. The summed E-state index contributed by atoms with van der Waals surface area (Å²) < 4.78 is 0. The number of aromatic nitrogens is 2. The fourth-order valence-electron chi connectivity index (χ4n) is 8.20. The number of nitrogens with one attached hydrogen (secondary N) is 8. The van der Waals surface area contributed by atoms with Crippen molar-refractivity contribution in [1.82, 2.24) is 46.4 Å². The molecule has 21 nitrogen and oxygen atoms in total. The number of H-pyrrole nitrogens is 2. The van der Waals surface area contributed by atoms with Crippen LogP contribution in [-0.4, -0.2) is 144 Å². The van der Waals surface area contributed by atoms with Gasteiger partial charge in [-0.3, -0.25) is 39.2 Å². The second-order valence-corrected chi connectivity index (χ2v) is 16.7. The number of aryl methyl sites for hydroxylation is 2. The zero-order valence-electron chi connectivity index (χ0n) is 38.9. The van der Waals surface area contributed by atoms with Crippen LogP contribution in [-0.2, 0) is 28.8 Å². The molecule has 3 saturated heterocycles. The Morgan fingerprint density at radius 2 is 1.36 bits per heavy atom. The molecule has 3 aliphatic rings. The third-order valence-electron chi connectivity index (χ3n) is 11.7. The summed E-state index contributed by atoms with van der Waals surface area (Å²) in [5, 5.41) is 22.2. The van der Waals surface area contributed by atoms with Crippen LogP contribution in [0.15, 0.2) is 65.9 Å². The van der Waals surface area contributed by atoms with E-state index in [1.807, 2.05) is 24.5 Å². The first-order valence-electron chi connectivity index (χ1n) is 22.6. The molecular formula is C46H69N15O6. The second-order valence-electron chi connectivity index (χ2n) is 16.7. The zero-order chi connectivity index (χ0) is 49.0. The lowest BCUT2D eigenvalue weighted by Crippen LogP contribution is -2.59. The molecule has 6 atom stereocenters. The summed E-state index contributed by atoms with van der Waals surface area (Å²) in [7, 11) is 1.77. The summed E-state index contributed by atoms with van der Waals surface area (Å²) >= 11 is 0. The number of amides is 6. The Kier molecular flexibility index (Phi) is 20.6. The number of hydrogen-bond donors (Lipinski definition) is 12. The molecule has 21 heteroatoms. The van der Waals surface area contributed by atoms with Crippen LogP contribution in [0.3, 0.4) is 0 Å². The standard InChI is InChI=1S/C27H47N11O6.2C9H9N.CH4N2/c1-15-26(44)37-11-5-8-19(37)24(42)35-17(7-4-10-32-27(29)30)22(40)33-13-21(39)38-14-16(28)12-20(38)25(43)36-18(23(41)34-15)6-3-9-31-2;2*1-7-6-10-9-5-3-2-4-8(7)9;2-1-3/h15-20,31H,3-14,28H2,1-2H3,(H,33,40)(H,34,41)(H,35,42)(H,36,43)(H4,29,30,32);2*2-6,10H,1H3;1H,(H3,2,3)/t15?,16-,17-,18-,19+,20+;;;/m0.../s1. The summed E-state index contributed by atoms with van der Waals surface area (Å²) in [4.78, 5) is 93.1. The molecule has 7 rings (SSSR count). The number of carbonyl (C=O) groups excluding carboxylic acids is 6. The maximum absolute atomic E-state index is 13.4. The third kappa shape index (κ3) is 15.3. The van der Waals surface area contributed by atoms with Crippen LogP contribution in [0.4, 0.5) is 0 Å². The van der Waals surface area contributed by atoms with Crippen LogP contribution >= 0.6 is 0 Å². The zero-order valence-corrected chi connectivity index (χ0v) is 38.9. The maximum Gasteiger partial charge on any atom is 0.245 e. The van der Waals surface area contributed by atoms with E-state index in [2.05, 4.69) is 97.5 Å². The number of guanidine groups is 1. The van der Waals surface area contributed by atoms with Crippen LogP contribution in [0.2, 0.25) is 0 Å². The van der Waals surface area contributed by atoms with Crippen LogP contribution in [0.5, 0.6) is 0 Å². The summed E-state index contributed by atoms with van der Waals surface area (Å²) in [6.07, 6.45) is 7.25. The van der Waals surface area contributed by atoms with Crippen molar-refractivity contribution in [3.8, 4) is 0 Å². The average Bonchev–Trinajstić information content (AvgIpc) is 4.13. The number of fused-ring (bicyclic) bond motifs is 4. The molecule has 4 aromatic rings. The molecule has 0 radical (unpaired) electrons. The Hall–Kier alpha value is -7.00. The Bertz CT molecular complexity index is 2250. The number of rotatable bonds is 8. The van der Waals surface area contributed by atoms with Gasteiger partial charge < -0.3 is 69.3 Å². The van der Waals surface area contributed by atoms with E-state index in [-0.39, 0.29) is 38.3 Å².